The van der Waals surface area contributed by atoms with Crippen LogP contribution in [0.2, 0.25) is 0 Å². The van der Waals surface area contributed by atoms with Crippen LogP contribution in [-0.4, -0.2) is 111 Å². The Morgan fingerprint density at radius 1 is 0.704 bits per heavy atom. The standard InChI is InChI=1S/C58H63N8O14.Rb/c1-25(2)15-40(66(7)8)54(74)65-50-52(72)32-11-14-44(27(4)17-32)80-35-19-33-18-34(21-35)79-43-13-10-30(16-26(43)3)28(5)47-55(75)61-39(24-67)36-22-42(69)29(6)51(71)46(36)37-20-31(9-12-41(37)68)48(56(76)62-47)64-57(77)49(33)63-53(73)38(23-45(59)70)60-58(50)78;/h9-14,16-22,25,28,38-40,47-50,52,68-69,71-72H,15,23H2,1-8H3,(H2,59,70)(H,60,78)(H,61,75)(H,62,76)(H,63,73)(H,64,77)(H,65,74);/q-1;+1. The van der Waals surface area contributed by atoms with E-state index in [-0.39, 0.29) is 126 Å². The van der Waals surface area contributed by atoms with Gasteiger partial charge in [0.05, 0.1) is 12.5 Å². The number of ether oxygens (including phenoxy) is 2. The molecule has 5 heterocycles. The second kappa shape index (κ2) is 25.3. The van der Waals surface area contributed by atoms with E-state index in [2.05, 4.69) is 31.9 Å². The number of aryl methyl sites for hydroxylation is 2. The summed E-state index contributed by atoms with van der Waals surface area (Å²) in [6.45, 7) is 10.2. The van der Waals surface area contributed by atoms with Gasteiger partial charge in [0.15, 0.2) is 0 Å². The number of benzene rings is 5. The number of fused-ring (bicyclic) bond motifs is 15. The van der Waals surface area contributed by atoms with Crippen molar-refractivity contribution in [3.05, 3.63) is 123 Å². The molecule has 0 saturated carbocycles. The first-order chi connectivity index (χ1) is 37.8. The molecule has 5 aliphatic heterocycles. The van der Waals surface area contributed by atoms with Crippen molar-refractivity contribution in [1.82, 2.24) is 36.8 Å². The monoisotopic (exact) mass is 1180 g/mol. The van der Waals surface area contributed by atoms with E-state index in [0.29, 0.717) is 23.1 Å². The van der Waals surface area contributed by atoms with Crippen LogP contribution in [0.5, 0.6) is 40.2 Å². The molecule has 0 aromatic heterocycles. The quantitative estimate of drug-likeness (QED) is 0.0956. The third-order valence-corrected chi connectivity index (χ3v) is 14.6. The summed E-state index contributed by atoms with van der Waals surface area (Å²) >= 11 is 0. The number of nitrogens with one attached hydrogen (secondary N) is 6. The number of primary amides is 1. The minimum Gasteiger partial charge on any atom is -0.540 e. The molecule has 0 aliphatic carbocycles. The molecule has 5 aliphatic rings. The fraction of sp³-hybridized carbons (Fsp3) is 0.345. The van der Waals surface area contributed by atoms with Crippen molar-refractivity contribution in [2.75, 3.05) is 14.1 Å². The molecule has 11 bridgehead atoms. The van der Waals surface area contributed by atoms with Gasteiger partial charge in [-0.3, -0.25) is 38.5 Å². The minimum absolute atomic E-state index is 0. The number of carbonyl (C=O) groups excluding carboxylic acids is 8. The second-order valence-corrected chi connectivity index (χ2v) is 21.1. The SMILES string of the molecule is Cc1cc2ccc1Oc1cc3cc(c1)C(NC(=O)C(CC(N)=O)NC(=O)C(NC(=O)C(CC(C)C)N(C)C)C(O)c1ccc(c(C)c1)O3)C(=O)NC1C(=O)NC(C(=O)NC([C-]=O)c3cc(O)c(C)c(O)c3-c3cc1ccc3O)C2C.[Rb+]. The van der Waals surface area contributed by atoms with E-state index in [1.54, 1.807) is 64.3 Å². The number of nitrogens with two attached hydrogens (primary N) is 1. The number of rotatable bonds is 8. The normalized spacial score (nSPS) is 22.2. The second-order valence-electron chi connectivity index (χ2n) is 21.1. The summed E-state index contributed by atoms with van der Waals surface area (Å²) < 4.78 is 13.0. The molecule has 0 saturated heterocycles. The predicted octanol–water partition coefficient (Wildman–Crippen LogP) is 0.750. The van der Waals surface area contributed by atoms with Crippen molar-refractivity contribution >= 4 is 47.6 Å². The summed E-state index contributed by atoms with van der Waals surface area (Å²) in [6.07, 6.45) is -0.523. The Bertz CT molecular complexity index is 3350. The third kappa shape index (κ3) is 13.3. The molecule has 22 nitrogen and oxygen atoms in total. The Morgan fingerprint density at radius 3 is 1.88 bits per heavy atom. The van der Waals surface area contributed by atoms with Crippen LogP contribution in [0, 0.1) is 26.7 Å². The maximum atomic E-state index is 15.5. The number of hydrogen-bond acceptors (Lipinski definition) is 15. The Balaban J connectivity index is 0.00000946. The molecule has 23 heteroatoms. The van der Waals surface area contributed by atoms with E-state index < -0.39 is 119 Å². The largest absolute Gasteiger partial charge is 1.00 e. The van der Waals surface area contributed by atoms with Crippen LogP contribution >= 0.6 is 0 Å². The number of phenols is 3. The molecule has 420 valence electrons. The summed E-state index contributed by atoms with van der Waals surface area (Å²) in [5.74, 6) is -8.93. The maximum absolute atomic E-state index is 15.5. The number of likely N-dealkylation sites (N-methyl/N-ethyl adjacent to an activating group) is 1. The Hall–Kier alpha value is -7.21. The zero-order chi connectivity index (χ0) is 58.2. The van der Waals surface area contributed by atoms with Gasteiger partial charge in [0.2, 0.25) is 41.4 Å². The van der Waals surface area contributed by atoms with E-state index in [0.717, 1.165) is 12.1 Å². The molecule has 9 unspecified atom stereocenters. The minimum atomic E-state index is -1.91. The topological polar surface area (TPSA) is 337 Å². The zero-order valence-electron chi connectivity index (χ0n) is 46.1. The van der Waals surface area contributed by atoms with Gasteiger partial charge in [0.1, 0.15) is 76.6 Å². The van der Waals surface area contributed by atoms with Crippen LogP contribution in [-0.2, 0) is 38.4 Å². The average Bonchev–Trinajstić information content (AvgIpc) is 3.48. The number of phenolic OH excluding ortho intramolecular Hbond substituents is 3. The van der Waals surface area contributed by atoms with Crippen LogP contribution in [0.4, 0.5) is 0 Å². The average molecular weight is 1180 g/mol. The molecule has 7 amide bonds. The summed E-state index contributed by atoms with van der Waals surface area (Å²) in [5.41, 5.74) is 6.50. The van der Waals surface area contributed by atoms with Gasteiger partial charge in [-0.05, 0) is 141 Å². The fourth-order valence-corrected chi connectivity index (χ4v) is 10.1. The first-order valence-corrected chi connectivity index (χ1v) is 25.8. The number of aromatic hydroxyl groups is 3. The van der Waals surface area contributed by atoms with Crippen LogP contribution in [0.3, 0.4) is 0 Å². The first kappa shape index (κ1) is 61.4. The van der Waals surface area contributed by atoms with Crippen LogP contribution in [0.15, 0.2) is 78.9 Å². The maximum Gasteiger partial charge on any atom is 1.00 e. The summed E-state index contributed by atoms with van der Waals surface area (Å²) in [5, 5.41) is 61.8. The smallest absolute Gasteiger partial charge is 0.540 e. The molecule has 81 heavy (non-hydrogen) atoms. The number of hydrogen-bond donors (Lipinski definition) is 11. The number of carbonyl (C=O) groups is 7. The van der Waals surface area contributed by atoms with E-state index in [1.165, 1.54) is 55.5 Å². The number of nitrogens with zero attached hydrogens (tertiary/aromatic N) is 1. The molecule has 12 N–H and O–H groups in total. The van der Waals surface area contributed by atoms with Gasteiger partial charge in [-0.15, -0.1) is 0 Å². The first-order valence-electron chi connectivity index (χ1n) is 25.8. The Labute approximate surface area is 515 Å². The van der Waals surface area contributed by atoms with Crippen molar-refractivity contribution in [3.8, 4) is 51.4 Å². The Kier molecular flexibility index (Phi) is 19.2. The molecular formula is C58H63N8O14Rb. The molecule has 5 aromatic carbocycles. The van der Waals surface area contributed by atoms with Gasteiger partial charge in [-0.1, -0.05) is 45.0 Å². The van der Waals surface area contributed by atoms with Crippen LogP contribution in [0.25, 0.3) is 11.1 Å². The molecule has 5 aromatic rings. The van der Waals surface area contributed by atoms with E-state index in [4.69, 9.17) is 15.2 Å². The van der Waals surface area contributed by atoms with Crippen molar-refractivity contribution < 1.29 is 126 Å². The van der Waals surface area contributed by atoms with Crippen molar-refractivity contribution in [1.29, 1.82) is 0 Å². The molecule has 0 fully saturated rings. The van der Waals surface area contributed by atoms with E-state index in [9.17, 15) is 49.2 Å². The summed E-state index contributed by atoms with van der Waals surface area (Å²) in [4.78, 5) is 116. The summed E-state index contributed by atoms with van der Waals surface area (Å²) in [6, 6.07) is 7.22. The van der Waals surface area contributed by atoms with Crippen molar-refractivity contribution in [3.63, 3.8) is 0 Å². The van der Waals surface area contributed by atoms with Crippen LogP contribution < -0.4 is 105 Å². The van der Waals surface area contributed by atoms with Gasteiger partial charge in [-0.25, -0.2) is 6.29 Å². The molecular weight excluding hydrogens is 1120 g/mol. The molecule has 10 rings (SSSR count). The van der Waals surface area contributed by atoms with Crippen LogP contribution in [0.1, 0.15) is 108 Å². The van der Waals surface area contributed by atoms with Gasteiger partial charge in [-0.2, -0.15) is 0 Å². The molecule has 0 radical (unpaired) electrons. The predicted molar refractivity (Wildman–Crippen MR) is 289 cm³/mol. The zero-order valence-corrected chi connectivity index (χ0v) is 51.0. The molecule has 0 spiro atoms. The number of amides is 7. The van der Waals surface area contributed by atoms with Crippen molar-refractivity contribution in [2.45, 2.75) is 109 Å². The Morgan fingerprint density at radius 2 is 1.28 bits per heavy atom. The van der Waals surface area contributed by atoms with E-state index in [1.807, 2.05) is 13.8 Å². The van der Waals surface area contributed by atoms with Gasteiger partial charge < -0.3 is 72.3 Å². The van der Waals surface area contributed by atoms with Gasteiger partial charge in [0, 0.05) is 28.7 Å². The van der Waals surface area contributed by atoms with Crippen molar-refractivity contribution in [2.24, 2.45) is 11.7 Å². The summed E-state index contributed by atoms with van der Waals surface area (Å²) in [7, 11) is 3.36. The third-order valence-electron chi connectivity index (χ3n) is 14.6. The van der Waals surface area contributed by atoms with Gasteiger partial charge in [0.25, 0.3) is 0 Å². The van der Waals surface area contributed by atoms with E-state index >= 15 is 9.59 Å². The fourth-order valence-electron chi connectivity index (χ4n) is 10.1. The molecule has 9 atom stereocenters. The van der Waals surface area contributed by atoms with Gasteiger partial charge >= 0.3 is 58.2 Å². The number of aliphatic hydroxyl groups excluding tert-OH is 1. The number of aliphatic hydroxyl groups is 1.